The Morgan fingerprint density at radius 3 is 2.86 bits per heavy atom. The van der Waals surface area contributed by atoms with Gasteiger partial charge in [0.2, 0.25) is 0 Å². The smallest absolute Gasteiger partial charge is 0.263 e. The Kier molecular flexibility index (Phi) is 5.29. The Hall–Kier alpha value is -2.39. The van der Waals surface area contributed by atoms with E-state index < -0.39 is 5.91 Å². The highest BCUT2D eigenvalue weighted by molar-refractivity contribution is 5.97. The maximum atomic E-state index is 12.8. The highest BCUT2D eigenvalue weighted by atomic mass is 19.1. The number of amides is 1. The van der Waals surface area contributed by atoms with E-state index in [1.54, 1.807) is 0 Å². The maximum Gasteiger partial charge on any atom is 0.263 e. The van der Waals surface area contributed by atoms with Crippen LogP contribution in [-0.2, 0) is 9.53 Å². The van der Waals surface area contributed by atoms with Gasteiger partial charge in [-0.3, -0.25) is 4.79 Å². The summed E-state index contributed by atoms with van der Waals surface area (Å²) < 4.78 is 18.1. The van der Waals surface area contributed by atoms with Crippen molar-refractivity contribution in [3.63, 3.8) is 0 Å². The molecule has 1 aliphatic rings. The normalized spacial score (nSPS) is 18.1. The van der Waals surface area contributed by atoms with Crippen LogP contribution < -0.4 is 10.6 Å². The molecule has 2 N–H and O–H groups in total. The maximum absolute atomic E-state index is 12.8. The van der Waals surface area contributed by atoms with Crippen molar-refractivity contribution >= 4 is 11.6 Å². The average Bonchev–Trinajstić information content (AvgIpc) is 3.01. The summed E-state index contributed by atoms with van der Waals surface area (Å²) >= 11 is 0. The third-order valence-corrected chi connectivity index (χ3v) is 3.11. The molecule has 1 fully saturated rings. The molecule has 1 atom stereocenters. The van der Waals surface area contributed by atoms with Gasteiger partial charge < -0.3 is 15.4 Å². The Bertz CT molecular complexity index is 557. The fourth-order valence-corrected chi connectivity index (χ4v) is 1.96. The van der Waals surface area contributed by atoms with E-state index in [2.05, 4.69) is 10.6 Å². The van der Waals surface area contributed by atoms with Gasteiger partial charge in [-0.1, -0.05) is 0 Å². The minimum absolute atomic E-state index is 0.0268. The van der Waals surface area contributed by atoms with Crippen LogP contribution in [0.1, 0.15) is 12.8 Å². The topological polar surface area (TPSA) is 74.2 Å². The molecule has 0 spiro atoms. The number of carbonyl (C=O) groups excluding carboxylic acids is 1. The molecule has 110 valence electrons. The van der Waals surface area contributed by atoms with Gasteiger partial charge in [0.15, 0.2) is 0 Å². The highest BCUT2D eigenvalue weighted by Gasteiger charge is 2.17. The summed E-state index contributed by atoms with van der Waals surface area (Å²) in [5.74, 6) is -0.804. The van der Waals surface area contributed by atoms with Gasteiger partial charge in [-0.05, 0) is 37.1 Å². The van der Waals surface area contributed by atoms with Crippen LogP contribution in [0.15, 0.2) is 36.0 Å². The number of nitrogens with zero attached hydrogens (tertiary/aromatic N) is 1. The largest absolute Gasteiger partial charge is 0.376 e. The van der Waals surface area contributed by atoms with Gasteiger partial charge in [-0.15, -0.1) is 0 Å². The van der Waals surface area contributed by atoms with Crippen LogP contribution in [0.5, 0.6) is 0 Å². The summed E-state index contributed by atoms with van der Waals surface area (Å²) in [7, 11) is 0. The first-order valence-corrected chi connectivity index (χ1v) is 6.71. The zero-order chi connectivity index (χ0) is 15.1. The summed E-state index contributed by atoms with van der Waals surface area (Å²) in [5, 5.41) is 14.5. The number of carbonyl (C=O) groups is 1. The number of hydrogen-bond donors (Lipinski definition) is 2. The van der Waals surface area contributed by atoms with Crippen LogP contribution >= 0.6 is 0 Å². The molecule has 2 rings (SSSR count). The van der Waals surface area contributed by atoms with Gasteiger partial charge in [0.05, 0.1) is 6.10 Å². The van der Waals surface area contributed by atoms with Gasteiger partial charge in [0, 0.05) is 25.0 Å². The molecule has 1 unspecified atom stereocenters. The predicted octanol–water partition coefficient (Wildman–Crippen LogP) is 1.94. The number of anilines is 1. The van der Waals surface area contributed by atoms with E-state index in [9.17, 15) is 9.18 Å². The second kappa shape index (κ2) is 7.41. The minimum atomic E-state index is -0.456. The van der Waals surface area contributed by atoms with Crippen molar-refractivity contribution < 1.29 is 13.9 Å². The van der Waals surface area contributed by atoms with Gasteiger partial charge in [0.1, 0.15) is 17.5 Å². The van der Waals surface area contributed by atoms with Crippen molar-refractivity contribution in [2.24, 2.45) is 0 Å². The Balaban J connectivity index is 1.88. The van der Waals surface area contributed by atoms with Crippen LogP contribution in [0.3, 0.4) is 0 Å². The standard InChI is InChI=1S/C15H16FN3O2/c16-12-3-5-13(6-4-12)18-9-11(8-17)15(20)19-10-14-2-1-7-21-14/h3-6,9,14,18H,1-2,7,10H2,(H,19,20)/b11-9-. The second-order valence-corrected chi connectivity index (χ2v) is 4.67. The van der Waals surface area contributed by atoms with Crippen molar-refractivity contribution in [3.8, 4) is 6.07 Å². The van der Waals surface area contributed by atoms with E-state index in [-0.39, 0.29) is 17.5 Å². The lowest BCUT2D eigenvalue weighted by Crippen LogP contribution is -2.32. The lowest BCUT2D eigenvalue weighted by Gasteiger charge is -2.10. The minimum Gasteiger partial charge on any atom is -0.376 e. The number of nitriles is 1. The molecule has 0 aromatic heterocycles. The quantitative estimate of drug-likeness (QED) is 0.641. The summed E-state index contributed by atoms with van der Waals surface area (Å²) in [6, 6.07) is 7.45. The van der Waals surface area contributed by atoms with E-state index in [4.69, 9.17) is 10.00 Å². The molecule has 1 heterocycles. The van der Waals surface area contributed by atoms with Gasteiger partial charge >= 0.3 is 0 Å². The summed E-state index contributed by atoms with van der Waals surface area (Å²) in [4.78, 5) is 11.8. The fourth-order valence-electron chi connectivity index (χ4n) is 1.96. The summed E-state index contributed by atoms with van der Waals surface area (Å²) in [6.45, 7) is 1.11. The summed E-state index contributed by atoms with van der Waals surface area (Å²) in [6.07, 6.45) is 3.24. The van der Waals surface area contributed by atoms with E-state index in [1.807, 2.05) is 6.07 Å². The van der Waals surface area contributed by atoms with Crippen LogP contribution in [0, 0.1) is 17.1 Å². The second-order valence-electron chi connectivity index (χ2n) is 4.67. The van der Waals surface area contributed by atoms with Gasteiger partial charge in [0.25, 0.3) is 5.91 Å². The molecule has 1 saturated heterocycles. The third-order valence-electron chi connectivity index (χ3n) is 3.11. The first-order valence-electron chi connectivity index (χ1n) is 6.71. The molecule has 0 radical (unpaired) electrons. The van der Waals surface area contributed by atoms with Gasteiger partial charge in [-0.25, -0.2) is 4.39 Å². The Labute approximate surface area is 122 Å². The molecule has 1 aliphatic heterocycles. The monoisotopic (exact) mass is 289 g/mol. The molecule has 0 saturated carbocycles. The Morgan fingerprint density at radius 2 is 2.24 bits per heavy atom. The highest BCUT2D eigenvalue weighted by Crippen LogP contribution is 2.11. The van der Waals surface area contributed by atoms with Crippen LogP contribution in [-0.4, -0.2) is 25.2 Å². The number of ether oxygens (including phenoxy) is 1. The molecular weight excluding hydrogens is 273 g/mol. The SMILES string of the molecule is N#C/C(=C/Nc1ccc(F)cc1)C(=O)NCC1CCCO1. The molecule has 1 aromatic carbocycles. The molecule has 0 aliphatic carbocycles. The molecule has 5 nitrogen and oxygen atoms in total. The van der Waals surface area contributed by atoms with Crippen LogP contribution in [0.25, 0.3) is 0 Å². The molecule has 0 bridgehead atoms. The number of benzene rings is 1. The van der Waals surface area contributed by atoms with Crippen molar-refractivity contribution in [1.82, 2.24) is 5.32 Å². The van der Waals surface area contributed by atoms with Crippen molar-refractivity contribution in [3.05, 3.63) is 41.9 Å². The molecule has 1 amide bonds. The van der Waals surface area contributed by atoms with E-state index in [0.717, 1.165) is 12.8 Å². The van der Waals surface area contributed by atoms with E-state index in [1.165, 1.54) is 30.5 Å². The van der Waals surface area contributed by atoms with E-state index >= 15 is 0 Å². The van der Waals surface area contributed by atoms with Gasteiger partial charge in [-0.2, -0.15) is 5.26 Å². The summed E-state index contributed by atoms with van der Waals surface area (Å²) in [5.41, 5.74) is 0.549. The van der Waals surface area contributed by atoms with Crippen molar-refractivity contribution in [1.29, 1.82) is 5.26 Å². The number of rotatable bonds is 5. The fraction of sp³-hybridized carbons (Fsp3) is 0.333. The number of nitrogens with one attached hydrogen (secondary N) is 2. The molecule has 6 heteroatoms. The third kappa shape index (κ3) is 4.58. The first-order chi connectivity index (χ1) is 10.2. The van der Waals surface area contributed by atoms with Crippen LogP contribution in [0.2, 0.25) is 0 Å². The van der Waals surface area contributed by atoms with E-state index in [0.29, 0.717) is 18.8 Å². The Morgan fingerprint density at radius 1 is 1.48 bits per heavy atom. The molecule has 1 aromatic rings. The number of hydrogen-bond acceptors (Lipinski definition) is 4. The van der Waals surface area contributed by atoms with Crippen molar-refractivity contribution in [2.75, 3.05) is 18.5 Å². The first kappa shape index (κ1) is 15.0. The average molecular weight is 289 g/mol. The lowest BCUT2D eigenvalue weighted by molar-refractivity contribution is -0.117. The number of halogens is 1. The molecule has 21 heavy (non-hydrogen) atoms. The van der Waals surface area contributed by atoms with Crippen LogP contribution in [0.4, 0.5) is 10.1 Å². The zero-order valence-corrected chi connectivity index (χ0v) is 11.4. The van der Waals surface area contributed by atoms with Crippen molar-refractivity contribution in [2.45, 2.75) is 18.9 Å². The molecular formula is C15H16FN3O2. The lowest BCUT2D eigenvalue weighted by atomic mass is 10.2. The zero-order valence-electron chi connectivity index (χ0n) is 11.4. The predicted molar refractivity (Wildman–Crippen MR) is 75.7 cm³/mol.